The second kappa shape index (κ2) is 5.71. The highest BCUT2D eigenvalue weighted by Crippen LogP contribution is 2.21. The number of pyridine rings is 1. The fourth-order valence-corrected chi connectivity index (χ4v) is 1.55. The summed E-state index contributed by atoms with van der Waals surface area (Å²) in [6.07, 6.45) is 1.71. The van der Waals surface area contributed by atoms with Gasteiger partial charge in [-0.25, -0.2) is 4.98 Å². The van der Waals surface area contributed by atoms with Gasteiger partial charge >= 0.3 is 5.97 Å². The number of rotatable bonds is 4. The summed E-state index contributed by atoms with van der Waals surface area (Å²) >= 11 is 0. The molecule has 0 aliphatic carbocycles. The maximum Gasteiger partial charge on any atom is 0.326 e. The average molecular weight is 251 g/mol. The third-order valence-electron chi connectivity index (χ3n) is 2.22. The molecule has 0 radical (unpaired) electrons. The van der Waals surface area contributed by atoms with Gasteiger partial charge in [0.05, 0.1) is 5.69 Å². The molecule has 0 amide bonds. The summed E-state index contributed by atoms with van der Waals surface area (Å²) in [4.78, 5) is 17.7. The lowest BCUT2D eigenvalue weighted by Crippen LogP contribution is -2.33. The van der Waals surface area contributed by atoms with Crippen molar-refractivity contribution in [3.63, 3.8) is 0 Å². The van der Waals surface area contributed by atoms with E-state index < -0.39 is 5.60 Å². The summed E-state index contributed by atoms with van der Waals surface area (Å²) in [6, 6.07) is 3.74. The minimum Gasteiger partial charge on any atom is -0.459 e. The van der Waals surface area contributed by atoms with E-state index in [4.69, 9.17) is 4.74 Å². The summed E-state index contributed by atoms with van der Waals surface area (Å²) in [5.41, 5.74) is 0.407. The van der Waals surface area contributed by atoms with Crippen LogP contribution in [0.3, 0.4) is 0 Å². The van der Waals surface area contributed by atoms with Gasteiger partial charge < -0.3 is 15.0 Å². The van der Waals surface area contributed by atoms with Crippen LogP contribution in [0.25, 0.3) is 0 Å². The Morgan fingerprint density at radius 1 is 1.50 bits per heavy atom. The van der Waals surface area contributed by atoms with E-state index in [-0.39, 0.29) is 12.5 Å². The molecule has 0 aromatic carbocycles. The lowest BCUT2D eigenvalue weighted by Gasteiger charge is -2.24. The molecule has 1 N–H and O–H groups in total. The van der Waals surface area contributed by atoms with Crippen molar-refractivity contribution >= 4 is 17.5 Å². The monoisotopic (exact) mass is 251 g/mol. The molecule has 0 saturated carbocycles. The van der Waals surface area contributed by atoms with Crippen LogP contribution >= 0.6 is 0 Å². The molecular weight excluding hydrogens is 230 g/mol. The van der Waals surface area contributed by atoms with Crippen LogP contribution in [0.5, 0.6) is 0 Å². The lowest BCUT2D eigenvalue weighted by molar-refractivity contribution is -0.152. The molecule has 100 valence electrons. The van der Waals surface area contributed by atoms with Gasteiger partial charge in [0.1, 0.15) is 18.0 Å². The van der Waals surface area contributed by atoms with Gasteiger partial charge in [-0.05, 0) is 32.9 Å². The number of hydrogen-bond acceptors (Lipinski definition) is 5. The minimum absolute atomic E-state index is 0.192. The number of carbonyl (C=O) groups is 1. The zero-order valence-electron chi connectivity index (χ0n) is 11.7. The number of nitrogens with one attached hydrogen (secondary N) is 1. The molecule has 0 unspecified atom stereocenters. The van der Waals surface area contributed by atoms with Crippen LogP contribution in [-0.2, 0) is 9.53 Å². The predicted molar refractivity (Wildman–Crippen MR) is 72.9 cm³/mol. The molecule has 0 saturated heterocycles. The molecule has 0 aliphatic rings. The molecule has 0 bridgehead atoms. The number of nitrogens with zero attached hydrogens (tertiary/aromatic N) is 2. The molecule has 5 nitrogen and oxygen atoms in total. The van der Waals surface area contributed by atoms with Gasteiger partial charge in [-0.15, -0.1) is 0 Å². The van der Waals surface area contributed by atoms with Crippen LogP contribution in [0.2, 0.25) is 0 Å². The first-order chi connectivity index (χ1) is 8.33. The fraction of sp³-hybridized carbons (Fsp3) is 0.538. The number of carbonyl (C=O) groups excluding carboxylic acids is 1. The zero-order chi connectivity index (χ0) is 13.8. The Hall–Kier alpha value is -1.78. The SMILES string of the molecule is CNc1ncccc1N(C)CC(=O)OC(C)(C)C. The van der Waals surface area contributed by atoms with Gasteiger partial charge in [0, 0.05) is 20.3 Å². The van der Waals surface area contributed by atoms with Gasteiger partial charge in [0.15, 0.2) is 0 Å². The number of hydrogen-bond donors (Lipinski definition) is 1. The Morgan fingerprint density at radius 3 is 2.72 bits per heavy atom. The first-order valence-electron chi connectivity index (χ1n) is 5.89. The van der Waals surface area contributed by atoms with Gasteiger partial charge in [-0.3, -0.25) is 4.79 Å². The first-order valence-corrected chi connectivity index (χ1v) is 5.89. The second-order valence-electron chi connectivity index (χ2n) is 5.06. The molecule has 0 fully saturated rings. The molecule has 18 heavy (non-hydrogen) atoms. The Bertz CT molecular complexity index is 413. The van der Waals surface area contributed by atoms with Crippen LogP contribution in [0.4, 0.5) is 11.5 Å². The maximum absolute atomic E-state index is 11.7. The standard InChI is InChI=1S/C13H21N3O2/c1-13(2,3)18-11(17)9-16(5)10-7-6-8-15-12(10)14-4/h6-8H,9H2,1-5H3,(H,14,15). The molecule has 1 heterocycles. The smallest absolute Gasteiger partial charge is 0.326 e. The third-order valence-corrected chi connectivity index (χ3v) is 2.22. The van der Waals surface area contributed by atoms with E-state index in [0.29, 0.717) is 0 Å². The van der Waals surface area contributed by atoms with Gasteiger partial charge in [0.25, 0.3) is 0 Å². The van der Waals surface area contributed by atoms with Gasteiger partial charge in [0.2, 0.25) is 0 Å². The molecule has 1 rings (SSSR count). The third kappa shape index (κ3) is 4.24. The molecule has 0 aliphatic heterocycles. The number of likely N-dealkylation sites (N-methyl/N-ethyl adjacent to an activating group) is 1. The molecule has 1 aromatic heterocycles. The quantitative estimate of drug-likeness (QED) is 0.828. The molecular formula is C13H21N3O2. The Balaban J connectivity index is 2.70. The van der Waals surface area contributed by atoms with Crippen LogP contribution < -0.4 is 10.2 Å². The Morgan fingerprint density at radius 2 is 2.17 bits per heavy atom. The Kier molecular flexibility index (Phi) is 4.53. The van der Waals surface area contributed by atoms with Crippen molar-refractivity contribution in [1.82, 2.24) is 4.98 Å². The van der Waals surface area contributed by atoms with E-state index in [2.05, 4.69) is 10.3 Å². The fourth-order valence-electron chi connectivity index (χ4n) is 1.55. The van der Waals surface area contributed by atoms with E-state index in [1.165, 1.54) is 0 Å². The maximum atomic E-state index is 11.7. The minimum atomic E-state index is -0.460. The topological polar surface area (TPSA) is 54.5 Å². The van der Waals surface area contributed by atoms with Crippen molar-refractivity contribution in [3.05, 3.63) is 18.3 Å². The van der Waals surface area contributed by atoms with Crippen molar-refractivity contribution in [2.45, 2.75) is 26.4 Å². The predicted octanol–water partition coefficient (Wildman–Crippen LogP) is 1.90. The summed E-state index contributed by atoms with van der Waals surface area (Å²) in [7, 11) is 3.63. The van der Waals surface area contributed by atoms with Crippen LogP contribution in [-0.4, -0.2) is 37.2 Å². The molecule has 0 atom stereocenters. The van der Waals surface area contributed by atoms with Gasteiger partial charge in [-0.2, -0.15) is 0 Å². The Labute approximate surface area is 108 Å². The largest absolute Gasteiger partial charge is 0.459 e. The van der Waals surface area contributed by atoms with Crippen molar-refractivity contribution in [1.29, 1.82) is 0 Å². The van der Waals surface area contributed by atoms with E-state index in [9.17, 15) is 4.79 Å². The van der Waals surface area contributed by atoms with E-state index >= 15 is 0 Å². The normalized spacial score (nSPS) is 10.9. The number of anilines is 2. The number of esters is 1. The van der Waals surface area contributed by atoms with Crippen molar-refractivity contribution in [3.8, 4) is 0 Å². The van der Waals surface area contributed by atoms with Crippen LogP contribution in [0.1, 0.15) is 20.8 Å². The summed E-state index contributed by atoms with van der Waals surface area (Å²) in [5.74, 6) is 0.486. The van der Waals surface area contributed by atoms with Crippen molar-refractivity contribution in [2.75, 3.05) is 30.9 Å². The second-order valence-corrected chi connectivity index (χ2v) is 5.06. The first kappa shape index (κ1) is 14.3. The van der Waals surface area contributed by atoms with Crippen molar-refractivity contribution < 1.29 is 9.53 Å². The summed E-state index contributed by atoms with van der Waals surface area (Å²) in [6.45, 7) is 5.76. The zero-order valence-corrected chi connectivity index (χ0v) is 11.7. The van der Waals surface area contributed by atoms with Gasteiger partial charge in [-0.1, -0.05) is 0 Å². The summed E-state index contributed by atoms with van der Waals surface area (Å²) in [5, 5.41) is 2.99. The highest BCUT2D eigenvalue weighted by molar-refractivity contribution is 5.78. The highest BCUT2D eigenvalue weighted by atomic mass is 16.6. The van der Waals surface area contributed by atoms with E-state index in [1.54, 1.807) is 13.2 Å². The van der Waals surface area contributed by atoms with E-state index in [0.717, 1.165) is 11.5 Å². The summed E-state index contributed by atoms with van der Waals surface area (Å²) < 4.78 is 5.28. The van der Waals surface area contributed by atoms with Crippen molar-refractivity contribution in [2.24, 2.45) is 0 Å². The average Bonchev–Trinajstić information content (AvgIpc) is 2.26. The molecule has 1 aromatic rings. The number of ether oxygens (including phenoxy) is 1. The highest BCUT2D eigenvalue weighted by Gasteiger charge is 2.18. The molecule has 0 spiro atoms. The van der Waals surface area contributed by atoms with Crippen LogP contribution in [0.15, 0.2) is 18.3 Å². The lowest BCUT2D eigenvalue weighted by atomic mass is 10.2. The number of aromatic nitrogens is 1. The van der Waals surface area contributed by atoms with Crippen LogP contribution in [0, 0.1) is 0 Å². The molecule has 5 heteroatoms. The van der Waals surface area contributed by atoms with E-state index in [1.807, 2.05) is 44.9 Å².